The number of phenolic OH excluding ortho intramolecular Hbond substituents is 1. The molecule has 1 rings (SSSR count). The third kappa shape index (κ3) is 5.27. The van der Waals surface area contributed by atoms with Crippen molar-refractivity contribution in [2.75, 3.05) is 20.6 Å². The van der Waals surface area contributed by atoms with Crippen molar-refractivity contribution in [3.63, 3.8) is 0 Å². The number of nitrogens with two attached hydrogens (primary N) is 1. The first kappa shape index (κ1) is 16.0. The number of hydrogen-bond acceptors (Lipinski definition) is 4. The van der Waals surface area contributed by atoms with Crippen LogP contribution >= 0.6 is 0 Å². The number of carbonyl (C=O) groups is 2. The Morgan fingerprint density at radius 3 is 2.45 bits per heavy atom. The molecule has 0 fully saturated rings. The summed E-state index contributed by atoms with van der Waals surface area (Å²) >= 11 is 0. The monoisotopic (exact) mass is 279 g/mol. The van der Waals surface area contributed by atoms with Crippen molar-refractivity contribution in [1.82, 2.24) is 10.2 Å². The quantitative estimate of drug-likeness (QED) is 0.675. The SMILES string of the molecule is CN(C)C(=O)CCNC(=O)[C@H](N)Cc1ccc(O)cc1. The largest absolute Gasteiger partial charge is 0.508 e. The molecule has 0 radical (unpaired) electrons. The topological polar surface area (TPSA) is 95.7 Å². The number of nitrogens with zero attached hydrogens (tertiary/aromatic N) is 1. The van der Waals surface area contributed by atoms with Gasteiger partial charge in [-0.2, -0.15) is 0 Å². The molecule has 0 bridgehead atoms. The van der Waals surface area contributed by atoms with Crippen molar-refractivity contribution in [2.45, 2.75) is 18.9 Å². The summed E-state index contributed by atoms with van der Waals surface area (Å²) in [5.74, 6) is -0.156. The van der Waals surface area contributed by atoms with Gasteiger partial charge in [-0.1, -0.05) is 12.1 Å². The van der Waals surface area contributed by atoms with Gasteiger partial charge < -0.3 is 21.1 Å². The van der Waals surface area contributed by atoms with E-state index in [0.29, 0.717) is 6.42 Å². The highest BCUT2D eigenvalue weighted by molar-refractivity contribution is 5.82. The van der Waals surface area contributed by atoms with Crippen LogP contribution < -0.4 is 11.1 Å². The smallest absolute Gasteiger partial charge is 0.237 e. The van der Waals surface area contributed by atoms with Crippen LogP contribution in [0.3, 0.4) is 0 Å². The van der Waals surface area contributed by atoms with Crippen molar-refractivity contribution in [3.8, 4) is 5.75 Å². The lowest BCUT2D eigenvalue weighted by Gasteiger charge is -2.14. The van der Waals surface area contributed by atoms with Crippen LogP contribution in [0.15, 0.2) is 24.3 Å². The minimum absolute atomic E-state index is 0.0441. The number of hydrogen-bond donors (Lipinski definition) is 3. The molecule has 6 nitrogen and oxygen atoms in total. The summed E-state index contributed by atoms with van der Waals surface area (Å²) in [5, 5.41) is 11.8. The van der Waals surface area contributed by atoms with E-state index in [-0.39, 0.29) is 30.5 Å². The predicted octanol–water partition coefficient (Wildman–Crippen LogP) is -0.143. The second-order valence-corrected chi connectivity index (χ2v) is 4.81. The first-order valence-electron chi connectivity index (χ1n) is 6.41. The average molecular weight is 279 g/mol. The van der Waals surface area contributed by atoms with Crippen molar-refractivity contribution in [2.24, 2.45) is 5.73 Å². The molecule has 6 heteroatoms. The minimum atomic E-state index is -0.672. The second-order valence-electron chi connectivity index (χ2n) is 4.81. The van der Waals surface area contributed by atoms with E-state index in [4.69, 9.17) is 10.8 Å². The van der Waals surface area contributed by atoms with Gasteiger partial charge in [0.05, 0.1) is 6.04 Å². The van der Waals surface area contributed by atoms with E-state index in [2.05, 4.69) is 5.32 Å². The van der Waals surface area contributed by atoms with Crippen LogP contribution in [-0.2, 0) is 16.0 Å². The summed E-state index contributed by atoms with van der Waals surface area (Å²) < 4.78 is 0. The fraction of sp³-hybridized carbons (Fsp3) is 0.429. The molecule has 110 valence electrons. The van der Waals surface area contributed by atoms with E-state index in [0.717, 1.165) is 5.56 Å². The lowest BCUT2D eigenvalue weighted by Crippen LogP contribution is -2.43. The lowest BCUT2D eigenvalue weighted by atomic mass is 10.1. The predicted molar refractivity (Wildman–Crippen MR) is 76.1 cm³/mol. The van der Waals surface area contributed by atoms with Crippen molar-refractivity contribution in [1.29, 1.82) is 0 Å². The van der Waals surface area contributed by atoms with Gasteiger partial charge in [-0.3, -0.25) is 9.59 Å². The second kappa shape index (κ2) is 7.49. The number of benzene rings is 1. The van der Waals surface area contributed by atoms with E-state index in [1.54, 1.807) is 38.4 Å². The van der Waals surface area contributed by atoms with Crippen molar-refractivity contribution < 1.29 is 14.7 Å². The van der Waals surface area contributed by atoms with Crippen LogP contribution in [0, 0.1) is 0 Å². The molecule has 4 N–H and O–H groups in total. The molecule has 0 unspecified atom stereocenters. The molecule has 0 heterocycles. The zero-order valence-corrected chi connectivity index (χ0v) is 11.8. The molecule has 1 aromatic carbocycles. The fourth-order valence-corrected chi connectivity index (χ4v) is 1.63. The van der Waals surface area contributed by atoms with Crippen LogP contribution in [0.4, 0.5) is 0 Å². The van der Waals surface area contributed by atoms with E-state index >= 15 is 0 Å². The Morgan fingerprint density at radius 1 is 1.30 bits per heavy atom. The molecule has 0 saturated heterocycles. The molecule has 1 aromatic rings. The number of rotatable bonds is 6. The Balaban J connectivity index is 2.36. The molecule has 0 aliphatic heterocycles. The van der Waals surface area contributed by atoms with Gasteiger partial charge in [0.2, 0.25) is 11.8 Å². The minimum Gasteiger partial charge on any atom is -0.508 e. The molecule has 20 heavy (non-hydrogen) atoms. The third-order valence-corrected chi connectivity index (χ3v) is 2.87. The highest BCUT2D eigenvalue weighted by Gasteiger charge is 2.14. The summed E-state index contributed by atoms with van der Waals surface area (Å²) in [5.41, 5.74) is 6.66. The Hall–Kier alpha value is -2.08. The van der Waals surface area contributed by atoms with E-state index in [1.807, 2.05) is 0 Å². The maximum atomic E-state index is 11.8. The molecule has 0 saturated carbocycles. The first-order chi connectivity index (χ1) is 9.40. The Labute approximate surface area is 118 Å². The van der Waals surface area contributed by atoms with Crippen molar-refractivity contribution in [3.05, 3.63) is 29.8 Å². The van der Waals surface area contributed by atoms with Crippen molar-refractivity contribution >= 4 is 11.8 Å². The summed E-state index contributed by atoms with van der Waals surface area (Å²) in [7, 11) is 3.33. The first-order valence-corrected chi connectivity index (χ1v) is 6.41. The van der Waals surface area contributed by atoms with Gasteiger partial charge in [-0.15, -0.1) is 0 Å². The van der Waals surface area contributed by atoms with Gasteiger partial charge in [0.15, 0.2) is 0 Å². The number of nitrogens with one attached hydrogen (secondary N) is 1. The van der Waals surface area contributed by atoms with Gasteiger partial charge >= 0.3 is 0 Å². The Bertz CT molecular complexity index is 457. The molecule has 0 aliphatic rings. The van der Waals surface area contributed by atoms with Crippen LogP contribution in [0.5, 0.6) is 5.75 Å². The molecule has 0 aromatic heterocycles. The number of carbonyl (C=O) groups excluding carboxylic acids is 2. The highest BCUT2D eigenvalue weighted by atomic mass is 16.3. The van der Waals surface area contributed by atoms with Gasteiger partial charge in [-0.25, -0.2) is 0 Å². The molecular formula is C14H21N3O3. The molecule has 1 atom stereocenters. The van der Waals surface area contributed by atoms with Crippen LogP contribution in [0.2, 0.25) is 0 Å². The third-order valence-electron chi connectivity index (χ3n) is 2.87. The summed E-state index contributed by atoms with van der Waals surface area (Å²) in [6, 6.07) is 5.87. The molecule has 2 amide bonds. The fourth-order valence-electron chi connectivity index (χ4n) is 1.63. The maximum absolute atomic E-state index is 11.8. The van der Waals surface area contributed by atoms with Gasteiger partial charge in [0, 0.05) is 27.1 Å². The number of aromatic hydroxyl groups is 1. The zero-order valence-electron chi connectivity index (χ0n) is 11.8. The summed E-state index contributed by atoms with van der Waals surface area (Å²) in [4.78, 5) is 24.6. The van der Waals surface area contributed by atoms with E-state index in [1.165, 1.54) is 4.90 Å². The number of phenols is 1. The molecule has 0 aliphatic carbocycles. The standard InChI is InChI=1S/C14H21N3O3/c1-17(2)13(19)7-8-16-14(20)12(15)9-10-3-5-11(18)6-4-10/h3-6,12,18H,7-9,15H2,1-2H3,(H,16,20)/t12-/m1/s1. The van der Waals surface area contributed by atoms with Gasteiger partial charge in [0.25, 0.3) is 0 Å². The van der Waals surface area contributed by atoms with E-state index < -0.39 is 6.04 Å². The maximum Gasteiger partial charge on any atom is 0.237 e. The molecular weight excluding hydrogens is 258 g/mol. The summed E-state index contributed by atoms with van der Waals surface area (Å²) in [6.07, 6.45) is 0.637. The van der Waals surface area contributed by atoms with Crippen LogP contribution in [0.1, 0.15) is 12.0 Å². The average Bonchev–Trinajstić information content (AvgIpc) is 2.40. The summed E-state index contributed by atoms with van der Waals surface area (Å²) in [6.45, 7) is 0.277. The zero-order chi connectivity index (χ0) is 15.1. The normalized spacial score (nSPS) is 11.8. The Kier molecular flexibility index (Phi) is 5.99. The lowest BCUT2D eigenvalue weighted by molar-refractivity contribution is -0.128. The van der Waals surface area contributed by atoms with Crippen LogP contribution in [-0.4, -0.2) is 48.5 Å². The Morgan fingerprint density at radius 2 is 1.90 bits per heavy atom. The van der Waals surface area contributed by atoms with Gasteiger partial charge in [0.1, 0.15) is 5.75 Å². The van der Waals surface area contributed by atoms with Crippen LogP contribution in [0.25, 0.3) is 0 Å². The van der Waals surface area contributed by atoms with E-state index in [9.17, 15) is 9.59 Å². The number of amides is 2. The molecule has 0 spiro atoms. The highest BCUT2D eigenvalue weighted by Crippen LogP contribution is 2.10. The van der Waals surface area contributed by atoms with Gasteiger partial charge in [-0.05, 0) is 24.1 Å².